The van der Waals surface area contributed by atoms with Gasteiger partial charge in [-0.15, -0.1) is 0 Å². The number of nitrogens with zero attached hydrogens (tertiary/aromatic N) is 5. The molecule has 0 unspecified atom stereocenters. The first-order valence-corrected chi connectivity index (χ1v) is 12.7. The Morgan fingerprint density at radius 3 is 2.57 bits per heavy atom. The van der Waals surface area contributed by atoms with Gasteiger partial charge in [0.25, 0.3) is 5.91 Å². The summed E-state index contributed by atoms with van der Waals surface area (Å²) < 4.78 is 2.07. The molecule has 1 aromatic carbocycles. The summed E-state index contributed by atoms with van der Waals surface area (Å²) in [7, 11) is 0. The summed E-state index contributed by atoms with van der Waals surface area (Å²) in [6.07, 6.45) is 8.88. The van der Waals surface area contributed by atoms with E-state index in [2.05, 4.69) is 19.7 Å². The number of benzene rings is 1. The first kappa shape index (κ1) is 23.1. The van der Waals surface area contributed by atoms with Gasteiger partial charge in [0.15, 0.2) is 0 Å². The molecule has 2 fully saturated rings. The van der Waals surface area contributed by atoms with E-state index in [-0.39, 0.29) is 17.2 Å². The zero-order valence-corrected chi connectivity index (χ0v) is 20.7. The van der Waals surface area contributed by atoms with Crippen LogP contribution in [0.4, 0.5) is 11.6 Å². The number of imidazole rings is 1. The van der Waals surface area contributed by atoms with Gasteiger partial charge in [-0.25, -0.2) is 15.0 Å². The number of carbonyl (C=O) groups excluding carboxylic acids is 2. The van der Waals surface area contributed by atoms with Crippen molar-refractivity contribution in [3.05, 3.63) is 72.4 Å². The molecule has 9 heteroatoms. The molecular formula is C28H29N7O2. The zero-order chi connectivity index (χ0) is 25.6. The van der Waals surface area contributed by atoms with Crippen molar-refractivity contribution >= 4 is 29.0 Å². The molecule has 2 aliphatic rings. The highest BCUT2D eigenvalue weighted by atomic mass is 16.2. The van der Waals surface area contributed by atoms with Gasteiger partial charge in [-0.05, 0) is 48.9 Å². The third-order valence-electron chi connectivity index (χ3n) is 7.85. The van der Waals surface area contributed by atoms with Gasteiger partial charge in [-0.1, -0.05) is 25.1 Å². The predicted molar refractivity (Wildman–Crippen MR) is 141 cm³/mol. The fourth-order valence-electron chi connectivity index (χ4n) is 5.63. The summed E-state index contributed by atoms with van der Waals surface area (Å²) in [5.74, 6) is 2.24. The summed E-state index contributed by atoms with van der Waals surface area (Å²) in [5, 5.41) is 2.81. The van der Waals surface area contributed by atoms with Gasteiger partial charge in [-0.3, -0.25) is 14.0 Å². The monoisotopic (exact) mass is 495 g/mol. The molecule has 1 saturated carbocycles. The highest BCUT2D eigenvalue weighted by Crippen LogP contribution is 2.64. The van der Waals surface area contributed by atoms with Crippen molar-refractivity contribution in [2.24, 2.45) is 5.41 Å². The topological polar surface area (TPSA) is 119 Å². The molecule has 9 nitrogen and oxygen atoms in total. The van der Waals surface area contributed by atoms with E-state index in [0.717, 1.165) is 55.0 Å². The second-order valence-electron chi connectivity index (χ2n) is 9.95. The molecule has 1 aliphatic heterocycles. The van der Waals surface area contributed by atoms with E-state index in [1.807, 2.05) is 36.2 Å². The van der Waals surface area contributed by atoms with Crippen molar-refractivity contribution in [1.82, 2.24) is 24.3 Å². The van der Waals surface area contributed by atoms with E-state index < -0.39 is 0 Å². The van der Waals surface area contributed by atoms with Crippen LogP contribution < -0.4 is 11.1 Å². The molecule has 1 aliphatic carbocycles. The summed E-state index contributed by atoms with van der Waals surface area (Å²) in [6.45, 7) is 3.54. The Labute approximate surface area is 214 Å². The lowest BCUT2D eigenvalue weighted by Crippen LogP contribution is -2.39. The lowest BCUT2D eigenvalue weighted by atomic mass is 9.90. The summed E-state index contributed by atoms with van der Waals surface area (Å²) in [5.41, 5.74) is 9.47. The van der Waals surface area contributed by atoms with Crippen molar-refractivity contribution in [1.29, 1.82) is 0 Å². The number of amides is 2. The molecule has 1 saturated heterocycles. The Bertz CT molecular complexity index is 1470. The van der Waals surface area contributed by atoms with Gasteiger partial charge >= 0.3 is 0 Å². The van der Waals surface area contributed by atoms with Crippen LogP contribution in [-0.4, -0.2) is 49.2 Å². The highest BCUT2D eigenvalue weighted by molar-refractivity contribution is 6.04. The minimum atomic E-state index is -0.227. The van der Waals surface area contributed by atoms with Crippen molar-refractivity contribution in [2.45, 2.75) is 38.5 Å². The average molecular weight is 496 g/mol. The number of likely N-dealkylation sites (tertiary alicyclic amines) is 1. The van der Waals surface area contributed by atoms with E-state index in [9.17, 15) is 9.59 Å². The number of carbonyl (C=O) groups is 2. The van der Waals surface area contributed by atoms with Gasteiger partial charge < -0.3 is 16.0 Å². The molecule has 188 valence electrons. The molecule has 3 N–H and O–H groups in total. The molecule has 4 heterocycles. The predicted octanol–water partition coefficient (Wildman–Crippen LogP) is 4.13. The first-order chi connectivity index (χ1) is 18.0. The number of anilines is 2. The molecule has 0 radical (unpaired) electrons. The third-order valence-corrected chi connectivity index (χ3v) is 7.85. The number of hydrogen-bond acceptors (Lipinski definition) is 6. The molecule has 37 heavy (non-hydrogen) atoms. The number of hydrogen-bond donors (Lipinski definition) is 2. The maximum Gasteiger partial charge on any atom is 0.256 e. The Morgan fingerprint density at radius 2 is 1.86 bits per heavy atom. The number of fused-ring (bicyclic) bond motifs is 1. The van der Waals surface area contributed by atoms with Crippen LogP contribution in [0.1, 0.15) is 54.7 Å². The number of nitrogens with one attached hydrogen (secondary N) is 1. The van der Waals surface area contributed by atoms with Crippen molar-refractivity contribution in [2.75, 3.05) is 24.1 Å². The molecular weight excluding hydrogens is 466 g/mol. The van der Waals surface area contributed by atoms with Crippen molar-refractivity contribution in [3.63, 3.8) is 0 Å². The van der Waals surface area contributed by atoms with Crippen LogP contribution in [0.5, 0.6) is 0 Å². The Kier molecular flexibility index (Phi) is 5.62. The maximum atomic E-state index is 12.7. The van der Waals surface area contributed by atoms with Crippen LogP contribution in [0.2, 0.25) is 0 Å². The largest absolute Gasteiger partial charge is 0.382 e. The number of aromatic nitrogens is 4. The van der Waals surface area contributed by atoms with E-state index in [1.165, 1.54) is 0 Å². The SMILES string of the molecule is CCC(=O)N1CCC2(CC1)C[C@@H]2c1nc(-c2ccc(C(=O)Nc3ccccn3)cc2)c2c(N)nccn12. The Balaban J connectivity index is 1.27. The van der Waals surface area contributed by atoms with Gasteiger partial charge in [0.05, 0.1) is 0 Å². The van der Waals surface area contributed by atoms with Crippen LogP contribution in [-0.2, 0) is 4.79 Å². The third kappa shape index (κ3) is 4.10. The quantitative estimate of drug-likeness (QED) is 0.430. The van der Waals surface area contributed by atoms with Gasteiger partial charge in [-0.2, -0.15) is 0 Å². The minimum Gasteiger partial charge on any atom is -0.382 e. The molecule has 2 amide bonds. The summed E-state index contributed by atoms with van der Waals surface area (Å²) >= 11 is 0. The van der Waals surface area contributed by atoms with Crippen LogP contribution in [0.25, 0.3) is 16.8 Å². The molecule has 4 aromatic rings. The average Bonchev–Trinajstić information content (AvgIpc) is 3.47. The number of piperidine rings is 1. The van der Waals surface area contributed by atoms with E-state index >= 15 is 0 Å². The molecule has 0 bridgehead atoms. The van der Waals surface area contributed by atoms with Gasteiger partial charge in [0.1, 0.15) is 28.7 Å². The van der Waals surface area contributed by atoms with Gasteiger partial charge in [0, 0.05) is 55.1 Å². The Morgan fingerprint density at radius 1 is 1.08 bits per heavy atom. The first-order valence-electron chi connectivity index (χ1n) is 12.7. The van der Waals surface area contributed by atoms with E-state index in [4.69, 9.17) is 10.7 Å². The second kappa shape index (κ2) is 8.99. The Hall–Kier alpha value is -4.27. The molecule has 3 aromatic heterocycles. The molecule has 6 rings (SSSR count). The number of rotatable bonds is 5. The number of nitrogen functional groups attached to an aromatic ring is 1. The van der Waals surface area contributed by atoms with Crippen LogP contribution >= 0.6 is 0 Å². The van der Waals surface area contributed by atoms with Crippen molar-refractivity contribution in [3.8, 4) is 11.3 Å². The maximum absolute atomic E-state index is 12.7. The summed E-state index contributed by atoms with van der Waals surface area (Å²) in [6, 6.07) is 12.7. The van der Waals surface area contributed by atoms with E-state index in [0.29, 0.717) is 29.5 Å². The minimum absolute atomic E-state index is 0.189. The zero-order valence-electron chi connectivity index (χ0n) is 20.7. The highest BCUT2D eigenvalue weighted by Gasteiger charge is 2.57. The van der Waals surface area contributed by atoms with E-state index in [1.54, 1.807) is 36.7 Å². The van der Waals surface area contributed by atoms with Crippen LogP contribution in [0.15, 0.2) is 61.1 Å². The van der Waals surface area contributed by atoms with Crippen LogP contribution in [0.3, 0.4) is 0 Å². The fourth-order valence-corrected chi connectivity index (χ4v) is 5.63. The number of nitrogens with two attached hydrogens (primary N) is 1. The lowest BCUT2D eigenvalue weighted by molar-refractivity contribution is -0.132. The lowest BCUT2D eigenvalue weighted by Gasteiger charge is -2.32. The second-order valence-corrected chi connectivity index (χ2v) is 9.95. The molecule has 1 spiro atoms. The number of pyridine rings is 1. The normalized spacial score (nSPS) is 18.2. The molecule has 1 atom stereocenters. The standard InChI is InChI=1S/C28H29N7O2/c1-2-22(36)34-14-10-28(11-15-34)17-20(28)26-33-23(24-25(29)31-13-16-35(24)26)18-6-8-19(9-7-18)27(37)32-21-5-3-4-12-30-21/h3-9,12-13,16,20H,2,10-11,14-15,17H2,1H3,(H2,29,31)(H,30,32,37)/t20-/m1/s1. The smallest absolute Gasteiger partial charge is 0.256 e. The van der Waals surface area contributed by atoms with Gasteiger partial charge in [0.2, 0.25) is 5.91 Å². The fraction of sp³-hybridized carbons (Fsp3) is 0.321. The summed E-state index contributed by atoms with van der Waals surface area (Å²) in [4.78, 5) is 40.4. The van der Waals surface area contributed by atoms with Crippen LogP contribution in [0, 0.1) is 5.41 Å². The van der Waals surface area contributed by atoms with Crippen molar-refractivity contribution < 1.29 is 9.59 Å².